The van der Waals surface area contributed by atoms with Crippen LogP contribution in [0.15, 0.2) is 53.9 Å². The molecule has 1 aromatic heterocycles. The molecular formula is C20H19ClN2OS. The van der Waals surface area contributed by atoms with Gasteiger partial charge in [-0.2, -0.15) is 0 Å². The summed E-state index contributed by atoms with van der Waals surface area (Å²) in [5.41, 5.74) is 3.36. The molecular weight excluding hydrogens is 352 g/mol. The summed E-state index contributed by atoms with van der Waals surface area (Å²) >= 11 is 7.53. The molecule has 0 radical (unpaired) electrons. The molecule has 1 amide bonds. The van der Waals surface area contributed by atoms with Crippen LogP contribution >= 0.6 is 22.9 Å². The molecule has 0 aliphatic carbocycles. The average Bonchev–Trinajstić information content (AvgIpc) is 3.05. The van der Waals surface area contributed by atoms with Crippen molar-refractivity contribution >= 4 is 34.5 Å². The lowest BCUT2D eigenvalue weighted by Crippen LogP contribution is -2.27. The molecule has 0 fully saturated rings. The van der Waals surface area contributed by atoms with E-state index in [1.807, 2.05) is 74.7 Å². The number of halogens is 1. The van der Waals surface area contributed by atoms with Crippen LogP contribution in [0.2, 0.25) is 5.02 Å². The number of thiazole rings is 1. The Hall–Kier alpha value is -2.17. The largest absolute Gasteiger partial charge is 0.326 e. The van der Waals surface area contributed by atoms with E-state index in [0.717, 1.165) is 27.5 Å². The molecule has 0 aliphatic rings. The molecule has 0 saturated carbocycles. The summed E-state index contributed by atoms with van der Waals surface area (Å²) < 4.78 is 0. The summed E-state index contributed by atoms with van der Waals surface area (Å²) in [6.07, 6.45) is 0. The minimum absolute atomic E-state index is 0.000988. The topological polar surface area (TPSA) is 42.0 Å². The Kier molecular flexibility index (Phi) is 4.93. The molecule has 5 heteroatoms. The van der Waals surface area contributed by atoms with Crippen LogP contribution in [0, 0.1) is 5.41 Å². The number of hydrogen-bond donors (Lipinski definition) is 1. The summed E-state index contributed by atoms with van der Waals surface area (Å²) in [7, 11) is 0. The smallest absolute Gasteiger partial charge is 0.229 e. The average molecular weight is 371 g/mol. The molecule has 0 bridgehead atoms. The van der Waals surface area contributed by atoms with E-state index in [2.05, 4.69) is 5.32 Å². The van der Waals surface area contributed by atoms with Gasteiger partial charge in [0.15, 0.2) is 0 Å². The normalized spacial score (nSPS) is 11.4. The van der Waals surface area contributed by atoms with Crippen molar-refractivity contribution in [2.75, 3.05) is 5.32 Å². The predicted molar refractivity (Wildman–Crippen MR) is 106 cm³/mol. The first-order valence-electron chi connectivity index (χ1n) is 7.96. The molecule has 1 heterocycles. The highest BCUT2D eigenvalue weighted by Crippen LogP contribution is 2.30. The number of benzene rings is 2. The number of rotatable bonds is 3. The lowest BCUT2D eigenvalue weighted by molar-refractivity contribution is -0.123. The molecule has 0 atom stereocenters. The van der Waals surface area contributed by atoms with Crippen molar-refractivity contribution < 1.29 is 4.79 Å². The van der Waals surface area contributed by atoms with Gasteiger partial charge in [-0.25, -0.2) is 4.98 Å². The van der Waals surface area contributed by atoms with E-state index in [9.17, 15) is 4.79 Å². The van der Waals surface area contributed by atoms with Crippen LogP contribution in [-0.4, -0.2) is 10.9 Å². The standard InChI is InChI=1S/C20H19ClN2OS/c1-20(2,3)19(24)22-16-10-6-13(7-11-16)17-12-25-18(23-17)14-4-8-15(21)9-5-14/h4-12H,1-3H3,(H,22,24). The molecule has 3 nitrogen and oxygen atoms in total. The maximum absolute atomic E-state index is 12.0. The van der Waals surface area contributed by atoms with Gasteiger partial charge in [0.05, 0.1) is 5.69 Å². The monoisotopic (exact) mass is 370 g/mol. The summed E-state index contributed by atoms with van der Waals surface area (Å²) in [4.78, 5) is 16.7. The fraction of sp³-hybridized carbons (Fsp3) is 0.200. The van der Waals surface area contributed by atoms with Crippen molar-refractivity contribution in [1.82, 2.24) is 4.98 Å². The van der Waals surface area contributed by atoms with Crippen molar-refractivity contribution in [1.29, 1.82) is 0 Å². The first kappa shape index (κ1) is 17.6. The summed E-state index contributed by atoms with van der Waals surface area (Å²) in [5.74, 6) is -0.000988. The lowest BCUT2D eigenvalue weighted by Gasteiger charge is -2.17. The van der Waals surface area contributed by atoms with Crippen LogP contribution in [0.1, 0.15) is 20.8 Å². The Morgan fingerprint density at radius 1 is 1.00 bits per heavy atom. The number of carbonyl (C=O) groups is 1. The Morgan fingerprint density at radius 2 is 1.60 bits per heavy atom. The maximum atomic E-state index is 12.0. The second-order valence-electron chi connectivity index (χ2n) is 6.83. The van der Waals surface area contributed by atoms with E-state index in [1.165, 1.54) is 0 Å². The zero-order chi connectivity index (χ0) is 18.0. The molecule has 3 aromatic rings. The van der Waals surface area contributed by atoms with E-state index < -0.39 is 5.41 Å². The molecule has 0 aliphatic heterocycles. The van der Waals surface area contributed by atoms with Crippen LogP contribution < -0.4 is 5.32 Å². The van der Waals surface area contributed by atoms with E-state index in [4.69, 9.17) is 16.6 Å². The summed E-state index contributed by atoms with van der Waals surface area (Å²) in [6.45, 7) is 5.68. The van der Waals surface area contributed by atoms with Crippen LogP contribution in [0.3, 0.4) is 0 Å². The van der Waals surface area contributed by atoms with Gasteiger partial charge in [0.2, 0.25) is 5.91 Å². The van der Waals surface area contributed by atoms with Crippen LogP contribution in [0.4, 0.5) is 5.69 Å². The lowest BCUT2D eigenvalue weighted by atomic mass is 9.95. The Labute approximate surface area is 156 Å². The van der Waals surface area contributed by atoms with Crippen molar-refractivity contribution in [3.05, 3.63) is 58.9 Å². The van der Waals surface area contributed by atoms with Crippen molar-refractivity contribution in [2.45, 2.75) is 20.8 Å². The number of carbonyl (C=O) groups excluding carboxylic acids is 1. The molecule has 1 N–H and O–H groups in total. The molecule has 25 heavy (non-hydrogen) atoms. The van der Waals surface area contributed by atoms with Gasteiger partial charge in [0.1, 0.15) is 5.01 Å². The molecule has 2 aromatic carbocycles. The van der Waals surface area contributed by atoms with Crippen LogP contribution in [-0.2, 0) is 4.79 Å². The molecule has 128 valence electrons. The summed E-state index contributed by atoms with van der Waals surface area (Å²) in [6, 6.07) is 15.4. The Morgan fingerprint density at radius 3 is 2.20 bits per heavy atom. The Bertz CT molecular complexity index is 877. The third-order valence-corrected chi connectivity index (χ3v) is 4.86. The quantitative estimate of drug-likeness (QED) is 0.603. The van der Waals surface area contributed by atoms with Crippen molar-refractivity contribution in [2.24, 2.45) is 5.41 Å². The number of anilines is 1. The number of nitrogens with one attached hydrogen (secondary N) is 1. The minimum atomic E-state index is -0.416. The number of nitrogens with zero attached hydrogens (tertiary/aromatic N) is 1. The van der Waals surface area contributed by atoms with Gasteiger partial charge < -0.3 is 5.32 Å². The second kappa shape index (κ2) is 6.98. The van der Waals surface area contributed by atoms with Gasteiger partial charge in [-0.3, -0.25) is 4.79 Å². The fourth-order valence-corrected chi connectivity index (χ4v) is 3.14. The molecule has 0 unspecified atom stereocenters. The second-order valence-corrected chi connectivity index (χ2v) is 8.12. The van der Waals surface area contributed by atoms with E-state index >= 15 is 0 Å². The van der Waals surface area contributed by atoms with Gasteiger partial charge >= 0.3 is 0 Å². The van der Waals surface area contributed by atoms with Gasteiger partial charge in [-0.1, -0.05) is 56.6 Å². The van der Waals surface area contributed by atoms with E-state index in [1.54, 1.807) is 11.3 Å². The Balaban J connectivity index is 1.77. The first-order valence-corrected chi connectivity index (χ1v) is 9.22. The zero-order valence-electron chi connectivity index (χ0n) is 14.3. The number of hydrogen-bond acceptors (Lipinski definition) is 3. The van der Waals surface area contributed by atoms with E-state index in [-0.39, 0.29) is 5.91 Å². The van der Waals surface area contributed by atoms with Gasteiger partial charge in [-0.05, 0) is 24.3 Å². The van der Waals surface area contributed by atoms with Gasteiger partial charge in [0.25, 0.3) is 0 Å². The molecule has 0 saturated heterocycles. The highest BCUT2D eigenvalue weighted by atomic mass is 35.5. The van der Waals surface area contributed by atoms with E-state index in [0.29, 0.717) is 5.02 Å². The van der Waals surface area contributed by atoms with Gasteiger partial charge in [0, 0.05) is 32.6 Å². The van der Waals surface area contributed by atoms with Crippen LogP contribution in [0.25, 0.3) is 21.8 Å². The highest BCUT2D eigenvalue weighted by molar-refractivity contribution is 7.13. The van der Waals surface area contributed by atoms with Crippen molar-refractivity contribution in [3.63, 3.8) is 0 Å². The number of aromatic nitrogens is 1. The van der Waals surface area contributed by atoms with Crippen molar-refractivity contribution in [3.8, 4) is 21.8 Å². The molecule has 3 rings (SSSR count). The third kappa shape index (κ3) is 4.27. The highest BCUT2D eigenvalue weighted by Gasteiger charge is 2.21. The fourth-order valence-electron chi connectivity index (χ4n) is 2.17. The zero-order valence-corrected chi connectivity index (χ0v) is 15.9. The molecule has 0 spiro atoms. The predicted octanol–water partition coefficient (Wildman–Crippen LogP) is 6.12. The first-order chi connectivity index (χ1) is 11.8. The third-order valence-electron chi connectivity index (χ3n) is 3.72. The van der Waals surface area contributed by atoms with Crippen LogP contribution in [0.5, 0.6) is 0 Å². The minimum Gasteiger partial charge on any atom is -0.326 e. The summed E-state index contributed by atoms with van der Waals surface area (Å²) in [5, 5.41) is 6.63. The van der Waals surface area contributed by atoms with Gasteiger partial charge in [-0.15, -0.1) is 11.3 Å². The number of amides is 1. The SMILES string of the molecule is CC(C)(C)C(=O)Nc1ccc(-c2csc(-c3ccc(Cl)cc3)n2)cc1. The maximum Gasteiger partial charge on any atom is 0.229 e.